The molecule has 7 nitrogen and oxygen atoms in total. The SMILES string of the molecule is Cl.O=[N+]([O-])c1ccc(S(=O)(=O)NC2C3CNCC32)c(Cl)c1. The molecule has 0 amide bonds. The fraction of sp³-hybridized carbons (Fsp3) is 0.455. The van der Waals surface area contributed by atoms with Crippen molar-refractivity contribution in [2.45, 2.75) is 10.9 Å². The average Bonchev–Trinajstić information content (AvgIpc) is 2.82. The van der Waals surface area contributed by atoms with E-state index in [1.54, 1.807) is 0 Å². The first-order chi connectivity index (χ1) is 9.40. The van der Waals surface area contributed by atoms with Crippen LogP contribution in [0, 0.1) is 22.0 Å². The molecule has 1 aromatic rings. The number of hydrogen-bond donors (Lipinski definition) is 2. The van der Waals surface area contributed by atoms with E-state index in [1.165, 1.54) is 6.07 Å². The molecular formula is C11H13Cl2N3O4S. The summed E-state index contributed by atoms with van der Waals surface area (Å²) < 4.78 is 27.1. The van der Waals surface area contributed by atoms with Crippen molar-refractivity contribution in [3.05, 3.63) is 33.3 Å². The van der Waals surface area contributed by atoms with E-state index in [0.29, 0.717) is 11.8 Å². The second kappa shape index (κ2) is 5.69. The Morgan fingerprint density at radius 1 is 1.33 bits per heavy atom. The van der Waals surface area contributed by atoms with Gasteiger partial charge in [0.2, 0.25) is 10.0 Å². The average molecular weight is 354 g/mol. The fourth-order valence-electron chi connectivity index (χ4n) is 2.66. The lowest BCUT2D eigenvalue weighted by molar-refractivity contribution is -0.384. The van der Waals surface area contributed by atoms with Crippen LogP contribution in [0.25, 0.3) is 0 Å². The van der Waals surface area contributed by atoms with Crippen LogP contribution in [0.2, 0.25) is 5.02 Å². The molecule has 116 valence electrons. The molecule has 21 heavy (non-hydrogen) atoms. The second-order valence-corrected chi connectivity index (χ2v) is 7.09. The largest absolute Gasteiger partial charge is 0.316 e. The minimum atomic E-state index is -3.74. The highest BCUT2D eigenvalue weighted by molar-refractivity contribution is 7.89. The minimum absolute atomic E-state index is 0. The van der Waals surface area contributed by atoms with Gasteiger partial charge in [0, 0.05) is 18.2 Å². The number of rotatable bonds is 4. The predicted octanol–water partition coefficient (Wildman–Crippen LogP) is 1.17. The first-order valence-electron chi connectivity index (χ1n) is 6.07. The molecule has 3 rings (SSSR count). The van der Waals surface area contributed by atoms with E-state index in [-0.39, 0.29) is 34.1 Å². The highest BCUT2D eigenvalue weighted by Crippen LogP contribution is 2.42. The van der Waals surface area contributed by atoms with Crippen LogP contribution < -0.4 is 10.0 Å². The molecule has 0 radical (unpaired) electrons. The number of piperidine rings is 1. The number of fused-ring (bicyclic) bond motifs is 1. The summed E-state index contributed by atoms with van der Waals surface area (Å²) in [6.07, 6.45) is 0. The molecule has 0 spiro atoms. The Morgan fingerprint density at radius 3 is 2.48 bits per heavy atom. The molecule has 1 saturated heterocycles. The highest BCUT2D eigenvalue weighted by atomic mass is 35.5. The zero-order valence-corrected chi connectivity index (χ0v) is 13.0. The zero-order valence-electron chi connectivity index (χ0n) is 10.7. The zero-order chi connectivity index (χ0) is 14.5. The van der Waals surface area contributed by atoms with Crippen LogP contribution in [0.1, 0.15) is 0 Å². The number of sulfonamides is 1. The summed E-state index contributed by atoms with van der Waals surface area (Å²) in [4.78, 5) is 9.87. The lowest BCUT2D eigenvalue weighted by atomic mass is 10.3. The Kier molecular flexibility index (Phi) is 4.46. The second-order valence-electron chi connectivity index (χ2n) is 5.00. The van der Waals surface area contributed by atoms with Crippen molar-refractivity contribution in [3.8, 4) is 0 Å². The summed E-state index contributed by atoms with van der Waals surface area (Å²) in [6, 6.07) is 3.29. The molecule has 0 aromatic heterocycles. The van der Waals surface area contributed by atoms with Gasteiger partial charge in [0.1, 0.15) is 4.90 Å². The van der Waals surface area contributed by atoms with E-state index < -0.39 is 14.9 Å². The number of halogens is 2. The Morgan fingerprint density at radius 2 is 1.95 bits per heavy atom. The number of nitrogens with one attached hydrogen (secondary N) is 2. The molecule has 2 N–H and O–H groups in total. The minimum Gasteiger partial charge on any atom is -0.316 e. The number of nitro groups is 1. The van der Waals surface area contributed by atoms with Gasteiger partial charge in [-0.1, -0.05) is 11.6 Å². The number of benzene rings is 1. The molecule has 1 aromatic carbocycles. The van der Waals surface area contributed by atoms with E-state index in [0.717, 1.165) is 25.2 Å². The molecule has 2 atom stereocenters. The maximum absolute atomic E-state index is 12.2. The van der Waals surface area contributed by atoms with Crippen molar-refractivity contribution in [2.75, 3.05) is 13.1 Å². The van der Waals surface area contributed by atoms with Gasteiger partial charge in [0.15, 0.2) is 0 Å². The molecule has 2 unspecified atom stereocenters. The van der Waals surface area contributed by atoms with Gasteiger partial charge in [0.05, 0.1) is 9.95 Å². The van der Waals surface area contributed by atoms with Gasteiger partial charge < -0.3 is 5.32 Å². The smallest absolute Gasteiger partial charge is 0.271 e. The topological polar surface area (TPSA) is 101 Å². The molecule has 1 aliphatic carbocycles. The standard InChI is InChI=1S/C11H12ClN3O4S.ClH/c12-9-3-6(15(16)17)1-2-10(9)20(18,19)14-11-7-4-13-5-8(7)11;/h1-3,7-8,11,13-14H,4-5H2;1H. The van der Waals surface area contributed by atoms with Crippen LogP contribution in [0.15, 0.2) is 23.1 Å². The van der Waals surface area contributed by atoms with E-state index in [1.807, 2.05) is 0 Å². The summed E-state index contributed by atoms with van der Waals surface area (Å²) in [6.45, 7) is 1.62. The molecule has 2 aliphatic rings. The molecular weight excluding hydrogens is 341 g/mol. The van der Waals surface area contributed by atoms with Gasteiger partial charge in [-0.05, 0) is 31.0 Å². The Labute approximate surface area is 132 Å². The van der Waals surface area contributed by atoms with Gasteiger partial charge >= 0.3 is 0 Å². The van der Waals surface area contributed by atoms with Gasteiger partial charge in [-0.3, -0.25) is 10.1 Å². The van der Waals surface area contributed by atoms with Crippen molar-refractivity contribution in [1.29, 1.82) is 0 Å². The number of nitro benzene ring substituents is 1. The Balaban J connectivity index is 0.00000161. The lowest BCUT2D eigenvalue weighted by Gasteiger charge is -2.10. The lowest BCUT2D eigenvalue weighted by Crippen LogP contribution is -2.32. The molecule has 1 saturated carbocycles. The number of nitrogens with zero attached hydrogens (tertiary/aromatic N) is 1. The summed E-state index contributed by atoms with van der Waals surface area (Å²) in [5.74, 6) is 0.670. The summed E-state index contributed by atoms with van der Waals surface area (Å²) in [5, 5.41) is 13.6. The summed E-state index contributed by atoms with van der Waals surface area (Å²) in [5.41, 5.74) is -0.235. The fourth-order valence-corrected chi connectivity index (χ4v) is 4.53. The maximum atomic E-state index is 12.2. The van der Waals surface area contributed by atoms with Crippen LogP contribution in [-0.4, -0.2) is 32.5 Å². The van der Waals surface area contributed by atoms with E-state index in [2.05, 4.69) is 10.0 Å². The third-order valence-electron chi connectivity index (χ3n) is 3.80. The van der Waals surface area contributed by atoms with Crippen molar-refractivity contribution in [2.24, 2.45) is 11.8 Å². The van der Waals surface area contributed by atoms with Gasteiger partial charge in [-0.25, -0.2) is 13.1 Å². The van der Waals surface area contributed by atoms with Crippen LogP contribution in [0.5, 0.6) is 0 Å². The number of hydrogen-bond acceptors (Lipinski definition) is 5. The first-order valence-corrected chi connectivity index (χ1v) is 7.93. The molecule has 2 fully saturated rings. The summed E-state index contributed by atoms with van der Waals surface area (Å²) >= 11 is 5.85. The van der Waals surface area contributed by atoms with Crippen LogP contribution >= 0.6 is 24.0 Å². The predicted molar refractivity (Wildman–Crippen MR) is 79.3 cm³/mol. The van der Waals surface area contributed by atoms with E-state index in [9.17, 15) is 18.5 Å². The third-order valence-corrected chi connectivity index (χ3v) is 5.74. The normalized spacial score (nSPS) is 26.8. The Bertz CT molecular complexity index is 672. The van der Waals surface area contributed by atoms with Gasteiger partial charge in [-0.2, -0.15) is 0 Å². The van der Waals surface area contributed by atoms with Crippen molar-refractivity contribution < 1.29 is 13.3 Å². The molecule has 1 aliphatic heterocycles. The van der Waals surface area contributed by atoms with E-state index in [4.69, 9.17) is 11.6 Å². The maximum Gasteiger partial charge on any atom is 0.271 e. The van der Waals surface area contributed by atoms with Gasteiger partial charge in [0.25, 0.3) is 5.69 Å². The monoisotopic (exact) mass is 353 g/mol. The molecule has 1 heterocycles. The van der Waals surface area contributed by atoms with Crippen molar-refractivity contribution >= 4 is 39.7 Å². The molecule has 10 heteroatoms. The third kappa shape index (κ3) is 3.00. The Hall–Kier alpha value is -0.930. The highest BCUT2D eigenvalue weighted by Gasteiger charge is 2.54. The van der Waals surface area contributed by atoms with Crippen molar-refractivity contribution in [1.82, 2.24) is 10.0 Å². The van der Waals surface area contributed by atoms with Crippen LogP contribution in [0.4, 0.5) is 5.69 Å². The van der Waals surface area contributed by atoms with Gasteiger partial charge in [-0.15, -0.1) is 12.4 Å². The summed E-state index contributed by atoms with van der Waals surface area (Å²) in [7, 11) is -3.74. The van der Waals surface area contributed by atoms with Crippen LogP contribution in [-0.2, 0) is 10.0 Å². The number of non-ortho nitro benzene ring substituents is 1. The van der Waals surface area contributed by atoms with E-state index >= 15 is 0 Å². The first kappa shape index (κ1) is 16.4. The molecule has 0 bridgehead atoms. The quantitative estimate of drug-likeness (QED) is 0.624. The van der Waals surface area contributed by atoms with Crippen LogP contribution in [0.3, 0.4) is 0 Å². The van der Waals surface area contributed by atoms with Crippen molar-refractivity contribution in [3.63, 3.8) is 0 Å².